The zero-order chi connectivity index (χ0) is 11.4. The molecule has 1 saturated carbocycles. The van der Waals surface area contributed by atoms with E-state index in [9.17, 15) is 0 Å². The summed E-state index contributed by atoms with van der Waals surface area (Å²) in [5.41, 5.74) is 1.95. The standard InChI is InChI=1S/C13H16N2O/c1-3-8-16-13-7-4-10(2)15-12(13)9-14-11-5-6-11/h1,4,7,11,14H,5-6,8-9H2,2H3. The minimum atomic E-state index is 0.293. The summed E-state index contributed by atoms with van der Waals surface area (Å²) in [6, 6.07) is 4.54. The van der Waals surface area contributed by atoms with Crippen LogP contribution in [0.4, 0.5) is 0 Å². The van der Waals surface area contributed by atoms with E-state index >= 15 is 0 Å². The van der Waals surface area contributed by atoms with E-state index in [1.807, 2.05) is 19.1 Å². The molecule has 0 spiro atoms. The van der Waals surface area contributed by atoms with Gasteiger partial charge in [0.25, 0.3) is 0 Å². The molecule has 0 bridgehead atoms. The molecule has 2 rings (SSSR count). The molecule has 1 aromatic heterocycles. The second-order valence-corrected chi connectivity index (χ2v) is 4.05. The third kappa shape index (κ3) is 2.98. The van der Waals surface area contributed by atoms with Crippen molar-refractivity contribution in [3.05, 3.63) is 23.5 Å². The summed E-state index contributed by atoms with van der Waals surface area (Å²) in [4.78, 5) is 4.47. The summed E-state index contributed by atoms with van der Waals surface area (Å²) >= 11 is 0. The van der Waals surface area contributed by atoms with Crippen LogP contribution in [0.5, 0.6) is 5.75 Å². The summed E-state index contributed by atoms with van der Waals surface area (Å²) < 4.78 is 5.46. The maximum atomic E-state index is 5.46. The first-order valence-electron chi connectivity index (χ1n) is 5.56. The molecule has 0 saturated heterocycles. The third-order valence-electron chi connectivity index (χ3n) is 2.52. The van der Waals surface area contributed by atoms with Gasteiger partial charge >= 0.3 is 0 Å². The zero-order valence-electron chi connectivity index (χ0n) is 9.49. The summed E-state index contributed by atoms with van der Waals surface area (Å²) in [5.74, 6) is 3.25. The van der Waals surface area contributed by atoms with Crippen molar-refractivity contribution in [1.82, 2.24) is 10.3 Å². The van der Waals surface area contributed by atoms with Crippen molar-refractivity contribution < 1.29 is 4.74 Å². The lowest BCUT2D eigenvalue weighted by atomic mass is 10.3. The number of ether oxygens (including phenoxy) is 1. The molecule has 0 atom stereocenters. The summed E-state index contributed by atoms with van der Waals surface area (Å²) in [7, 11) is 0. The number of pyridine rings is 1. The first kappa shape index (κ1) is 11.0. The van der Waals surface area contributed by atoms with E-state index in [-0.39, 0.29) is 0 Å². The Bertz CT molecular complexity index is 405. The van der Waals surface area contributed by atoms with Gasteiger partial charge in [-0.1, -0.05) is 5.92 Å². The van der Waals surface area contributed by atoms with Crippen LogP contribution in [0, 0.1) is 19.3 Å². The molecule has 0 aromatic carbocycles. The van der Waals surface area contributed by atoms with Gasteiger partial charge < -0.3 is 10.1 Å². The minimum absolute atomic E-state index is 0.293. The highest BCUT2D eigenvalue weighted by Gasteiger charge is 2.21. The van der Waals surface area contributed by atoms with E-state index < -0.39 is 0 Å². The Kier molecular flexibility index (Phi) is 3.43. The maximum absolute atomic E-state index is 5.46. The number of rotatable bonds is 5. The van der Waals surface area contributed by atoms with Gasteiger partial charge in [-0.05, 0) is 31.9 Å². The van der Waals surface area contributed by atoms with Gasteiger partial charge in [0.1, 0.15) is 12.4 Å². The molecule has 3 nitrogen and oxygen atoms in total. The first-order valence-corrected chi connectivity index (χ1v) is 5.56. The fraction of sp³-hybridized carbons (Fsp3) is 0.462. The minimum Gasteiger partial charge on any atom is -0.479 e. The molecule has 3 heteroatoms. The van der Waals surface area contributed by atoms with Gasteiger partial charge in [-0.3, -0.25) is 4.98 Å². The molecule has 0 aliphatic heterocycles. The number of nitrogens with zero attached hydrogens (tertiary/aromatic N) is 1. The Hall–Kier alpha value is -1.53. The van der Waals surface area contributed by atoms with E-state index in [0.717, 1.165) is 23.7 Å². The van der Waals surface area contributed by atoms with Crippen molar-refractivity contribution in [2.75, 3.05) is 6.61 Å². The van der Waals surface area contributed by atoms with E-state index in [4.69, 9.17) is 11.2 Å². The van der Waals surface area contributed by atoms with Crippen LogP contribution in [-0.4, -0.2) is 17.6 Å². The molecule has 1 aliphatic carbocycles. The van der Waals surface area contributed by atoms with Crippen LogP contribution in [0.15, 0.2) is 12.1 Å². The molecule has 1 N–H and O–H groups in total. The molecule has 1 heterocycles. The number of terminal acetylenes is 1. The van der Waals surface area contributed by atoms with Gasteiger partial charge in [-0.15, -0.1) is 6.42 Å². The Balaban J connectivity index is 2.04. The predicted molar refractivity (Wildman–Crippen MR) is 63.2 cm³/mol. The fourth-order valence-corrected chi connectivity index (χ4v) is 1.50. The van der Waals surface area contributed by atoms with Crippen LogP contribution in [0.25, 0.3) is 0 Å². The lowest BCUT2D eigenvalue weighted by Crippen LogP contribution is -2.17. The average Bonchev–Trinajstić information content (AvgIpc) is 3.09. The molecule has 1 aromatic rings. The van der Waals surface area contributed by atoms with Crippen molar-refractivity contribution in [3.63, 3.8) is 0 Å². The molecule has 16 heavy (non-hydrogen) atoms. The molecule has 1 fully saturated rings. The Morgan fingerprint density at radius 3 is 3.06 bits per heavy atom. The smallest absolute Gasteiger partial charge is 0.148 e. The number of hydrogen-bond acceptors (Lipinski definition) is 3. The molecule has 0 amide bonds. The second kappa shape index (κ2) is 5.00. The maximum Gasteiger partial charge on any atom is 0.148 e. The van der Waals surface area contributed by atoms with Gasteiger partial charge in [-0.25, -0.2) is 0 Å². The van der Waals surface area contributed by atoms with E-state index in [1.54, 1.807) is 0 Å². The van der Waals surface area contributed by atoms with Crippen LogP contribution in [0.3, 0.4) is 0 Å². The lowest BCUT2D eigenvalue weighted by Gasteiger charge is -2.10. The van der Waals surface area contributed by atoms with Crippen LogP contribution in [-0.2, 0) is 6.54 Å². The van der Waals surface area contributed by atoms with Gasteiger partial charge in [0, 0.05) is 18.3 Å². The van der Waals surface area contributed by atoms with Crippen LogP contribution in [0.1, 0.15) is 24.2 Å². The highest BCUT2D eigenvalue weighted by Crippen LogP contribution is 2.21. The van der Waals surface area contributed by atoms with Gasteiger partial charge in [0.05, 0.1) is 5.69 Å². The second-order valence-electron chi connectivity index (χ2n) is 4.05. The van der Waals surface area contributed by atoms with Crippen LogP contribution < -0.4 is 10.1 Å². The highest BCUT2D eigenvalue weighted by molar-refractivity contribution is 5.29. The monoisotopic (exact) mass is 216 g/mol. The van der Waals surface area contributed by atoms with Crippen molar-refractivity contribution in [2.24, 2.45) is 0 Å². The summed E-state index contributed by atoms with van der Waals surface area (Å²) in [5, 5.41) is 3.42. The Morgan fingerprint density at radius 2 is 2.38 bits per heavy atom. The van der Waals surface area contributed by atoms with E-state index in [2.05, 4.69) is 16.2 Å². The molecular formula is C13H16N2O. The summed E-state index contributed by atoms with van der Waals surface area (Å²) in [6.45, 7) is 3.03. The molecule has 1 aliphatic rings. The third-order valence-corrected chi connectivity index (χ3v) is 2.52. The number of nitrogens with one attached hydrogen (secondary N) is 1. The topological polar surface area (TPSA) is 34.1 Å². The van der Waals surface area contributed by atoms with Crippen molar-refractivity contribution in [1.29, 1.82) is 0 Å². The SMILES string of the molecule is C#CCOc1ccc(C)nc1CNC1CC1. The molecule has 0 unspecified atom stereocenters. The van der Waals surface area contributed by atoms with Crippen molar-refractivity contribution in [3.8, 4) is 18.1 Å². The van der Waals surface area contributed by atoms with Gasteiger partial charge in [0.2, 0.25) is 0 Å². The summed E-state index contributed by atoms with van der Waals surface area (Å²) in [6.07, 6.45) is 7.72. The normalized spacial score (nSPS) is 14.5. The number of aryl methyl sites for hydroxylation is 1. The fourth-order valence-electron chi connectivity index (χ4n) is 1.50. The Morgan fingerprint density at radius 1 is 1.56 bits per heavy atom. The van der Waals surface area contributed by atoms with Crippen molar-refractivity contribution >= 4 is 0 Å². The van der Waals surface area contributed by atoms with E-state index in [1.165, 1.54) is 12.8 Å². The van der Waals surface area contributed by atoms with Crippen LogP contribution in [0.2, 0.25) is 0 Å². The highest BCUT2D eigenvalue weighted by atomic mass is 16.5. The number of hydrogen-bond donors (Lipinski definition) is 1. The van der Waals surface area contributed by atoms with Crippen LogP contribution >= 0.6 is 0 Å². The van der Waals surface area contributed by atoms with Crippen molar-refractivity contribution in [2.45, 2.75) is 32.4 Å². The lowest BCUT2D eigenvalue weighted by molar-refractivity contribution is 0.362. The molecule has 84 valence electrons. The van der Waals surface area contributed by atoms with Gasteiger partial charge in [-0.2, -0.15) is 0 Å². The first-order chi connectivity index (χ1) is 7.79. The average molecular weight is 216 g/mol. The quantitative estimate of drug-likeness (QED) is 0.760. The van der Waals surface area contributed by atoms with E-state index in [0.29, 0.717) is 12.6 Å². The largest absolute Gasteiger partial charge is 0.479 e. The molecular weight excluding hydrogens is 200 g/mol. The Labute approximate surface area is 96.2 Å². The molecule has 0 radical (unpaired) electrons. The predicted octanol–water partition coefficient (Wildman–Crippen LogP) is 1.65. The number of aromatic nitrogens is 1. The van der Waals surface area contributed by atoms with Gasteiger partial charge in [0.15, 0.2) is 0 Å². The zero-order valence-corrected chi connectivity index (χ0v) is 9.49.